The van der Waals surface area contributed by atoms with Crippen molar-refractivity contribution in [1.29, 1.82) is 0 Å². The molecule has 0 amide bonds. The Morgan fingerprint density at radius 2 is 2.11 bits per heavy atom. The lowest BCUT2D eigenvalue weighted by molar-refractivity contribution is -0.384. The first kappa shape index (κ1) is 14.4. The second-order valence-electron chi connectivity index (χ2n) is 5.09. The van der Waals surface area contributed by atoms with E-state index in [1.54, 1.807) is 11.9 Å². The van der Waals surface area contributed by atoms with E-state index in [-0.39, 0.29) is 16.8 Å². The van der Waals surface area contributed by atoms with Gasteiger partial charge in [-0.3, -0.25) is 10.1 Å². The van der Waals surface area contributed by atoms with Gasteiger partial charge in [0.05, 0.1) is 4.92 Å². The van der Waals surface area contributed by atoms with Crippen molar-refractivity contribution in [3.63, 3.8) is 0 Å². The predicted molar refractivity (Wildman–Crippen MR) is 69.2 cm³/mol. The van der Waals surface area contributed by atoms with Crippen LogP contribution < -0.4 is 10.6 Å². The Morgan fingerprint density at radius 1 is 1.50 bits per heavy atom. The largest absolute Gasteiger partial charge is 0.366 e. The molecular weight excluding hydrogens is 237 g/mol. The summed E-state index contributed by atoms with van der Waals surface area (Å²) >= 11 is 0. The van der Waals surface area contributed by atoms with Crippen LogP contribution in [0.3, 0.4) is 0 Å². The van der Waals surface area contributed by atoms with Crippen molar-refractivity contribution in [2.45, 2.75) is 13.8 Å². The SMILES string of the molecule is CN(CC(C)(C)CN)c1c(F)cccc1[N+](=O)[O-]. The van der Waals surface area contributed by atoms with Gasteiger partial charge in [-0.25, -0.2) is 4.39 Å². The first-order valence-electron chi connectivity index (χ1n) is 5.62. The summed E-state index contributed by atoms with van der Waals surface area (Å²) in [5, 5.41) is 10.9. The summed E-state index contributed by atoms with van der Waals surface area (Å²) < 4.78 is 13.8. The van der Waals surface area contributed by atoms with Gasteiger partial charge < -0.3 is 10.6 Å². The normalized spacial score (nSPS) is 11.4. The van der Waals surface area contributed by atoms with Crippen molar-refractivity contribution >= 4 is 11.4 Å². The number of hydrogen-bond donors (Lipinski definition) is 1. The lowest BCUT2D eigenvalue weighted by atomic mass is 9.93. The van der Waals surface area contributed by atoms with Gasteiger partial charge in [-0.05, 0) is 18.0 Å². The van der Waals surface area contributed by atoms with E-state index < -0.39 is 10.7 Å². The van der Waals surface area contributed by atoms with Crippen LogP contribution in [-0.2, 0) is 0 Å². The maximum Gasteiger partial charge on any atom is 0.295 e. The minimum atomic E-state index is -0.598. The fourth-order valence-corrected chi connectivity index (χ4v) is 1.81. The van der Waals surface area contributed by atoms with Gasteiger partial charge in [0, 0.05) is 19.7 Å². The maximum atomic E-state index is 13.8. The summed E-state index contributed by atoms with van der Waals surface area (Å²) in [7, 11) is 1.63. The Hall–Kier alpha value is -1.69. The molecule has 2 N–H and O–H groups in total. The molecule has 0 saturated carbocycles. The number of hydrogen-bond acceptors (Lipinski definition) is 4. The van der Waals surface area contributed by atoms with E-state index in [9.17, 15) is 14.5 Å². The quantitative estimate of drug-likeness (QED) is 0.646. The summed E-state index contributed by atoms with van der Waals surface area (Å²) in [6.45, 7) is 4.71. The van der Waals surface area contributed by atoms with Crippen LogP contribution >= 0.6 is 0 Å². The molecule has 0 saturated heterocycles. The highest BCUT2D eigenvalue weighted by Gasteiger charge is 2.25. The van der Waals surface area contributed by atoms with Crippen LogP contribution in [0.2, 0.25) is 0 Å². The predicted octanol–water partition coefficient (Wildman–Crippen LogP) is 2.16. The molecule has 5 nitrogen and oxygen atoms in total. The molecule has 0 spiro atoms. The van der Waals surface area contributed by atoms with Gasteiger partial charge >= 0.3 is 0 Å². The van der Waals surface area contributed by atoms with Crippen LogP contribution in [0.1, 0.15) is 13.8 Å². The molecule has 0 atom stereocenters. The zero-order chi connectivity index (χ0) is 13.9. The summed E-state index contributed by atoms with van der Waals surface area (Å²) in [6.07, 6.45) is 0. The number of nitro benzene ring substituents is 1. The van der Waals surface area contributed by atoms with Gasteiger partial charge in [0.15, 0.2) is 11.5 Å². The first-order valence-corrected chi connectivity index (χ1v) is 5.62. The standard InChI is InChI=1S/C12H18FN3O2/c1-12(2,7-14)8-15(3)11-9(13)5-4-6-10(11)16(17)18/h4-6H,7-8,14H2,1-3H3. The minimum Gasteiger partial charge on any atom is -0.366 e. The van der Waals surface area contributed by atoms with Gasteiger partial charge in [0.1, 0.15) is 0 Å². The van der Waals surface area contributed by atoms with Crippen molar-refractivity contribution in [3.8, 4) is 0 Å². The third-order valence-corrected chi connectivity index (χ3v) is 2.76. The fraction of sp³-hybridized carbons (Fsp3) is 0.500. The molecule has 0 bridgehead atoms. The molecule has 1 rings (SSSR count). The summed E-state index contributed by atoms with van der Waals surface area (Å²) in [5.41, 5.74) is 5.14. The Balaban J connectivity index is 3.12. The molecule has 1 aromatic rings. The third-order valence-electron chi connectivity index (χ3n) is 2.76. The lowest BCUT2D eigenvalue weighted by Gasteiger charge is -2.30. The monoisotopic (exact) mass is 255 g/mol. The number of halogens is 1. The van der Waals surface area contributed by atoms with E-state index in [1.807, 2.05) is 13.8 Å². The number of benzene rings is 1. The highest BCUT2D eigenvalue weighted by Crippen LogP contribution is 2.31. The molecule has 6 heteroatoms. The zero-order valence-electron chi connectivity index (χ0n) is 10.8. The van der Waals surface area contributed by atoms with E-state index in [0.717, 1.165) is 0 Å². The number of anilines is 1. The second kappa shape index (κ2) is 5.30. The highest BCUT2D eigenvalue weighted by atomic mass is 19.1. The van der Waals surface area contributed by atoms with Crippen molar-refractivity contribution in [3.05, 3.63) is 34.1 Å². The van der Waals surface area contributed by atoms with Gasteiger partial charge in [-0.2, -0.15) is 0 Å². The van der Waals surface area contributed by atoms with E-state index in [4.69, 9.17) is 5.73 Å². The Labute approximate surface area is 106 Å². The average molecular weight is 255 g/mol. The molecule has 1 aromatic carbocycles. The van der Waals surface area contributed by atoms with Crippen LogP contribution in [0.4, 0.5) is 15.8 Å². The third kappa shape index (κ3) is 3.16. The smallest absolute Gasteiger partial charge is 0.295 e. The Kier molecular flexibility index (Phi) is 4.24. The molecule has 0 aliphatic carbocycles. The molecule has 0 aromatic heterocycles. The molecule has 100 valence electrons. The summed E-state index contributed by atoms with van der Waals surface area (Å²) in [5.74, 6) is -0.598. The van der Waals surface area contributed by atoms with Crippen LogP contribution in [0.5, 0.6) is 0 Å². The molecule has 0 radical (unpaired) electrons. The van der Waals surface area contributed by atoms with Crippen LogP contribution in [0.15, 0.2) is 18.2 Å². The van der Waals surface area contributed by atoms with Crippen molar-refractivity contribution < 1.29 is 9.31 Å². The van der Waals surface area contributed by atoms with E-state index in [1.165, 1.54) is 18.2 Å². The number of nitro groups is 1. The maximum absolute atomic E-state index is 13.8. The Morgan fingerprint density at radius 3 is 2.61 bits per heavy atom. The summed E-state index contributed by atoms with van der Waals surface area (Å²) in [6, 6.07) is 3.84. The van der Waals surface area contributed by atoms with Crippen LogP contribution in [-0.4, -0.2) is 25.1 Å². The molecule has 0 aliphatic rings. The second-order valence-corrected chi connectivity index (χ2v) is 5.09. The topological polar surface area (TPSA) is 72.4 Å². The van der Waals surface area contributed by atoms with Crippen molar-refractivity contribution in [1.82, 2.24) is 0 Å². The molecule has 0 unspecified atom stereocenters. The molecule has 0 heterocycles. The number of nitrogens with zero attached hydrogens (tertiary/aromatic N) is 2. The number of rotatable bonds is 5. The van der Waals surface area contributed by atoms with Gasteiger partial charge in [-0.1, -0.05) is 19.9 Å². The number of para-hydroxylation sites is 1. The first-order chi connectivity index (χ1) is 8.28. The van der Waals surface area contributed by atoms with E-state index in [2.05, 4.69) is 0 Å². The van der Waals surface area contributed by atoms with Crippen LogP contribution in [0, 0.1) is 21.3 Å². The average Bonchev–Trinajstić information content (AvgIpc) is 2.27. The lowest BCUT2D eigenvalue weighted by Crippen LogP contribution is -2.37. The number of nitrogens with two attached hydrogens (primary N) is 1. The fourth-order valence-electron chi connectivity index (χ4n) is 1.81. The van der Waals surface area contributed by atoms with Gasteiger partial charge in [-0.15, -0.1) is 0 Å². The van der Waals surface area contributed by atoms with Crippen molar-refractivity contribution in [2.75, 3.05) is 25.0 Å². The molecule has 0 aliphatic heterocycles. The summed E-state index contributed by atoms with van der Waals surface area (Å²) in [4.78, 5) is 11.9. The van der Waals surface area contributed by atoms with Crippen molar-refractivity contribution in [2.24, 2.45) is 11.1 Å². The zero-order valence-corrected chi connectivity index (χ0v) is 10.8. The van der Waals surface area contributed by atoms with E-state index >= 15 is 0 Å². The Bertz CT molecular complexity index is 449. The molecule has 18 heavy (non-hydrogen) atoms. The van der Waals surface area contributed by atoms with Crippen LogP contribution in [0.25, 0.3) is 0 Å². The van der Waals surface area contributed by atoms with Gasteiger partial charge in [0.25, 0.3) is 5.69 Å². The molecule has 0 fully saturated rings. The van der Waals surface area contributed by atoms with Gasteiger partial charge in [0.2, 0.25) is 0 Å². The molecular formula is C12H18FN3O2. The highest BCUT2D eigenvalue weighted by molar-refractivity contribution is 5.63. The van der Waals surface area contributed by atoms with E-state index in [0.29, 0.717) is 13.1 Å². The minimum absolute atomic E-state index is 0.00373.